The van der Waals surface area contributed by atoms with Crippen LogP contribution in [0.3, 0.4) is 0 Å². The lowest BCUT2D eigenvalue weighted by atomic mass is 9.62. The van der Waals surface area contributed by atoms with Crippen molar-refractivity contribution < 1.29 is 14.4 Å². The van der Waals surface area contributed by atoms with E-state index in [1.807, 2.05) is 65.7 Å². The van der Waals surface area contributed by atoms with Crippen LogP contribution in [0, 0.1) is 5.92 Å². The normalized spacial score (nSPS) is 23.6. The Kier molecular flexibility index (Phi) is 6.09. The van der Waals surface area contributed by atoms with Gasteiger partial charge in [0.1, 0.15) is 11.5 Å². The maximum Gasteiger partial charge on any atom is 0.238 e. The largest absolute Gasteiger partial charge is 0.358 e. The van der Waals surface area contributed by atoms with Gasteiger partial charge in [0.15, 0.2) is 11.6 Å². The lowest BCUT2D eigenvalue weighted by molar-refractivity contribution is -0.122. The molecule has 1 N–H and O–H groups in total. The average Bonchev–Trinajstić information content (AvgIpc) is 3.45. The Morgan fingerprint density at radius 3 is 2.29 bits per heavy atom. The highest BCUT2D eigenvalue weighted by molar-refractivity contribution is 6.37. The number of ketones is 2. The molecule has 0 bridgehead atoms. The molecule has 1 saturated heterocycles. The van der Waals surface area contributed by atoms with Gasteiger partial charge in [-0.25, -0.2) is 0 Å². The number of para-hydroxylation sites is 1. The highest BCUT2D eigenvalue weighted by Gasteiger charge is 2.70. The SMILES string of the molecule is O=C(c1ccc(Cl)cc1)C1C(C(=O)c2ccc(Cl)cc2Cl)C2(C(=O)Nc3ccccc32)C2c3ccccc3C=CN12. The van der Waals surface area contributed by atoms with E-state index < -0.39 is 29.2 Å². The molecule has 4 aromatic carbocycles. The van der Waals surface area contributed by atoms with Crippen molar-refractivity contribution in [2.75, 3.05) is 5.32 Å². The molecule has 3 heterocycles. The number of anilines is 1. The van der Waals surface area contributed by atoms with Crippen molar-refractivity contribution in [3.05, 3.63) is 140 Å². The van der Waals surface area contributed by atoms with E-state index in [9.17, 15) is 14.4 Å². The highest BCUT2D eigenvalue weighted by Crippen LogP contribution is 2.62. The number of benzene rings is 4. The van der Waals surface area contributed by atoms with Gasteiger partial charge in [-0.15, -0.1) is 0 Å². The minimum absolute atomic E-state index is 0.155. The molecule has 41 heavy (non-hydrogen) atoms. The quantitative estimate of drug-likeness (QED) is 0.245. The summed E-state index contributed by atoms with van der Waals surface area (Å²) in [5.41, 5.74) is 2.19. The van der Waals surface area contributed by atoms with Gasteiger partial charge in [0.2, 0.25) is 5.91 Å². The van der Waals surface area contributed by atoms with E-state index in [-0.39, 0.29) is 22.3 Å². The Morgan fingerprint density at radius 2 is 1.51 bits per heavy atom. The predicted octanol–water partition coefficient (Wildman–Crippen LogP) is 7.63. The van der Waals surface area contributed by atoms with Gasteiger partial charge >= 0.3 is 0 Å². The van der Waals surface area contributed by atoms with E-state index in [1.54, 1.807) is 36.4 Å². The molecule has 1 spiro atoms. The highest BCUT2D eigenvalue weighted by atomic mass is 35.5. The maximum absolute atomic E-state index is 14.8. The summed E-state index contributed by atoms with van der Waals surface area (Å²) in [6, 6.07) is 24.7. The van der Waals surface area contributed by atoms with Gasteiger partial charge in [-0.05, 0) is 71.3 Å². The number of nitrogens with zero attached hydrogens (tertiary/aromatic N) is 1. The number of hydrogen-bond acceptors (Lipinski definition) is 4. The summed E-state index contributed by atoms with van der Waals surface area (Å²) in [4.78, 5) is 45.7. The molecule has 0 aromatic heterocycles. The number of amides is 1. The number of carbonyl (C=O) groups excluding carboxylic acids is 3. The standard InChI is InChI=1S/C33H21Cl3N2O3/c34-20-11-9-19(10-12-20)29(39)28-27(30(40)23-14-13-21(35)17-25(23)36)33(24-7-3-4-8-26(24)37-32(33)41)31-22-6-2-1-5-18(22)15-16-38(28)31/h1-17,27-28,31H,(H,37,41). The molecule has 7 rings (SSSR count). The molecule has 1 fully saturated rings. The second-order valence-corrected chi connectivity index (χ2v) is 11.7. The van der Waals surface area contributed by atoms with Gasteiger partial charge < -0.3 is 10.2 Å². The monoisotopic (exact) mass is 598 g/mol. The van der Waals surface area contributed by atoms with Crippen LogP contribution < -0.4 is 5.32 Å². The Hall–Kier alpha value is -3.90. The summed E-state index contributed by atoms with van der Waals surface area (Å²) >= 11 is 18.9. The van der Waals surface area contributed by atoms with E-state index in [2.05, 4.69) is 5.32 Å². The number of hydrogen-bond donors (Lipinski definition) is 1. The van der Waals surface area contributed by atoms with Crippen molar-refractivity contribution in [3.63, 3.8) is 0 Å². The lowest BCUT2D eigenvalue weighted by Crippen LogP contribution is -2.49. The van der Waals surface area contributed by atoms with E-state index >= 15 is 0 Å². The molecule has 4 unspecified atom stereocenters. The molecule has 4 aromatic rings. The minimum atomic E-state index is -1.44. The van der Waals surface area contributed by atoms with Crippen molar-refractivity contribution in [2.45, 2.75) is 17.5 Å². The van der Waals surface area contributed by atoms with Crippen LogP contribution in [0.1, 0.15) is 43.4 Å². The summed E-state index contributed by atoms with van der Waals surface area (Å²) < 4.78 is 0. The first kappa shape index (κ1) is 26.0. The number of carbonyl (C=O) groups is 3. The van der Waals surface area contributed by atoms with Crippen molar-refractivity contribution in [1.82, 2.24) is 4.90 Å². The zero-order valence-corrected chi connectivity index (χ0v) is 23.6. The Morgan fingerprint density at radius 1 is 0.805 bits per heavy atom. The van der Waals surface area contributed by atoms with Crippen LogP contribution in [0.5, 0.6) is 0 Å². The van der Waals surface area contributed by atoms with Crippen molar-refractivity contribution in [3.8, 4) is 0 Å². The molecule has 0 radical (unpaired) electrons. The van der Waals surface area contributed by atoms with E-state index in [1.165, 1.54) is 6.07 Å². The fourth-order valence-corrected chi connectivity index (χ4v) is 7.44. The number of rotatable bonds is 4. The summed E-state index contributed by atoms with van der Waals surface area (Å²) in [7, 11) is 0. The fraction of sp³-hybridized carbons (Fsp3) is 0.121. The van der Waals surface area contributed by atoms with Crippen LogP contribution in [0.25, 0.3) is 6.08 Å². The van der Waals surface area contributed by atoms with Gasteiger partial charge in [-0.3, -0.25) is 14.4 Å². The predicted molar refractivity (Wildman–Crippen MR) is 161 cm³/mol. The second kappa shape index (κ2) is 9.59. The van der Waals surface area contributed by atoms with Gasteiger partial charge in [-0.2, -0.15) is 0 Å². The number of nitrogens with one attached hydrogen (secondary N) is 1. The molecular weight excluding hydrogens is 579 g/mol. The van der Waals surface area contributed by atoms with Crippen molar-refractivity contribution >= 4 is 64.0 Å². The Balaban J connectivity index is 1.54. The molecule has 1 amide bonds. The first-order chi connectivity index (χ1) is 19.8. The van der Waals surface area contributed by atoms with Crippen LogP contribution in [0.4, 0.5) is 5.69 Å². The third-order valence-corrected chi connectivity index (χ3v) is 9.25. The van der Waals surface area contributed by atoms with E-state index in [0.717, 1.165) is 11.1 Å². The van der Waals surface area contributed by atoms with Gasteiger partial charge in [0.25, 0.3) is 0 Å². The van der Waals surface area contributed by atoms with Crippen LogP contribution in [0.2, 0.25) is 15.1 Å². The average molecular weight is 600 g/mol. The van der Waals surface area contributed by atoms with Crippen LogP contribution >= 0.6 is 34.8 Å². The number of halogens is 3. The second-order valence-electron chi connectivity index (χ2n) is 10.4. The molecule has 5 nitrogen and oxygen atoms in total. The van der Waals surface area contributed by atoms with Crippen LogP contribution in [-0.4, -0.2) is 28.4 Å². The van der Waals surface area contributed by atoms with E-state index in [4.69, 9.17) is 34.8 Å². The minimum Gasteiger partial charge on any atom is -0.358 e. The summed E-state index contributed by atoms with van der Waals surface area (Å²) in [6.07, 6.45) is 3.75. The molecule has 0 saturated carbocycles. The third kappa shape index (κ3) is 3.73. The fourth-order valence-electron chi connectivity index (χ4n) is 6.81. The van der Waals surface area contributed by atoms with Crippen LogP contribution in [-0.2, 0) is 10.2 Å². The first-order valence-corrected chi connectivity index (χ1v) is 14.2. The molecule has 0 aliphatic carbocycles. The Labute approximate surface area is 251 Å². The molecule has 3 aliphatic rings. The van der Waals surface area contributed by atoms with Gasteiger partial charge in [-0.1, -0.05) is 77.3 Å². The topological polar surface area (TPSA) is 66.5 Å². The Bertz CT molecular complexity index is 1800. The first-order valence-electron chi connectivity index (χ1n) is 13.1. The summed E-state index contributed by atoms with van der Waals surface area (Å²) in [6.45, 7) is 0. The molecule has 4 atom stereocenters. The third-order valence-electron chi connectivity index (χ3n) is 8.45. The maximum atomic E-state index is 14.8. The zero-order valence-electron chi connectivity index (χ0n) is 21.4. The number of fused-ring (bicyclic) bond motifs is 6. The van der Waals surface area contributed by atoms with Crippen molar-refractivity contribution in [2.24, 2.45) is 5.92 Å². The van der Waals surface area contributed by atoms with Crippen LogP contribution in [0.15, 0.2) is 97.2 Å². The molecule has 3 aliphatic heterocycles. The number of Topliss-reactive ketones (excluding diaryl/α,β-unsaturated/α-hetero) is 2. The summed E-state index contributed by atoms with van der Waals surface area (Å²) in [5.74, 6) is -2.18. The van der Waals surface area contributed by atoms with Crippen molar-refractivity contribution in [1.29, 1.82) is 0 Å². The van der Waals surface area contributed by atoms with E-state index in [0.29, 0.717) is 26.9 Å². The zero-order chi connectivity index (χ0) is 28.5. The molecule has 202 valence electrons. The van der Waals surface area contributed by atoms with Gasteiger partial charge in [0, 0.05) is 33.1 Å². The smallest absolute Gasteiger partial charge is 0.238 e. The van der Waals surface area contributed by atoms with Gasteiger partial charge in [0.05, 0.1) is 17.0 Å². The molecule has 8 heteroatoms. The molecular formula is C33H21Cl3N2O3. The summed E-state index contributed by atoms with van der Waals surface area (Å²) in [5, 5.41) is 4.05. The lowest BCUT2D eigenvalue weighted by Gasteiger charge is -2.38.